The van der Waals surface area contributed by atoms with Gasteiger partial charge in [0.05, 0.1) is 0 Å². The first-order chi connectivity index (χ1) is 12.9. The Morgan fingerprint density at radius 2 is 1.33 bits per heavy atom. The van der Waals surface area contributed by atoms with Crippen molar-refractivity contribution in [2.24, 2.45) is 0 Å². The van der Waals surface area contributed by atoms with Crippen LogP contribution in [0, 0.1) is 0 Å². The monoisotopic (exact) mass is 406 g/mol. The summed E-state index contributed by atoms with van der Waals surface area (Å²) >= 11 is 11.7. The molecule has 1 heterocycles. The Morgan fingerprint density at radius 1 is 0.852 bits per heavy atom. The summed E-state index contributed by atoms with van der Waals surface area (Å²) in [6.45, 7) is 3.28. The summed E-state index contributed by atoms with van der Waals surface area (Å²) in [6.07, 6.45) is 0. The first-order valence-corrected chi connectivity index (χ1v) is 9.32. The third-order valence-corrected chi connectivity index (χ3v) is 4.87. The number of anilines is 2. The molecule has 27 heavy (non-hydrogen) atoms. The maximum absolute atomic E-state index is 12.5. The Balaban J connectivity index is 1.54. The highest BCUT2D eigenvalue weighted by Gasteiger charge is 2.29. The molecule has 6 nitrogen and oxygen atoms in total. The van der Waals surface area contributed by atoms with Crippen LogP contribution < -0.4 is 10.6 Å². The maximum Gasteiger partial charge on any atom is 0.322 e. The topological polar surface area (TPSA) is 64.7 Å². The van der Waals surface area contributed by atoms with Crippen molar-refractivity contribution in [3.05, 3.63) is 58.6 Å². The number of amides is 4. The number of nitrogens with zero attached hydrogens (tertiary/aromatic N) is 2. The van der Waals surface area contributed by atoms with Crippen LogP contribution in [0.15, 0.2) is 48.5 Å². The van der Waals surface area contributed by atoms with Crippen LogP contribution in [-0.4, -0.2) is 47.5 Å². The van der Waals surface area contributed by atoms with Gasteiger partial charge in [0.2, 0.25) is 0 Å². The third-order valence-electron chi connectivity index (χ3n) is 4.37. The molecule has 1 fully saturated rings. The van der Waals surface area contributed by atoms with Gasteiger partial charge in [-0.25, -0.2) is 9.59 Å². The lowest BCUT2D eigenvalue weighted by atomic mass is 10.2. The van der Waals surface area contributed by atoms with Crippen LogP contribution in [0.2, 0.25) is 10.0 Å². The summed E-state index contributed by atoms with van der Waals surface area (Å²) in [7, 11) is 0. The zero-order valence-electron chi connectivity index (χ0n) is 14.8. The largest absolute Gasteiger partial charge is 0.322 e. The molecule has 0 saturated carbocycles. The molecule has 0 unspecified atom stereocenters. The van der Waals surface area contributed by atoms with Gasteiger partial charge in [-0.3, -0.25) is 0 Å². The van der Waals surface area contributed by atoms with E-state index in [1.807, 2.05) is 6.92 Å². The molecule has 0 spiro atoms. The van der Waals surface area contributed by atoms with Gasteiger partial charge in [0.25, 0.3) is 0 Å². The van der Waals surface area contributed by atoms with E-state index in [0.29, 0.717) is 41.1 Å². The lowest BCUT2D eigenvalue weighted by Gasteiger charge is -2.39. The van der Waals surface area contributed by atoms with Gasteiger partial charge < -0.3 is 20.4 Å². The van der Waals surface area contributed by atoms with E-state index < -0.39 is 0 Å². The van der Waals surface area contributed by atoms with Gasteiger partial charge >= 0.3 is 12.1 Å². The molecule has 142 valence electrons. The quantitative estimate of drug-likeness (QED) is 0.754. The number of hydrogen-bond donors (Lipinski definition) is 2. The molecule has 4 amide bonds. The van der Waals surface area contributed by atoms with Gasteiger partial charge in [-0.2, -0.15) is 0 Å². The molecule has 3 rings (SSSR count). The summed E-state index contributed by atoms with van der Waals surface area (Å²) in [5.41, 5.74) is 1.36. The highest BCUT2D eigenvalue weighted by atomic mass is 35.5. The Kier molecular flexibility index (Phi) is 6.08. The molecule has 0 aromatic heterocycles. The van der Waals surface area contributed by atoms with Crippen molar-refractivity contribution in [3.63, 3.8) is 0 Å². The maximum atomic E-state index is 12.5. The summed E-state index contributed by atoms with van der Waals surface area (Å²) < 4.78 is 0. The van der Waals surface area contributed by atoms with Crippen LogP contribution in [0.3, 0.4) is 0 Å². The highest BCUT2D eigenvalue weighted by Crippen LogP contribution is 2.18. The molecule has 0 bridgehead atoms. The number of halogens is 2. The number of rotatable bonds is 2. The fraction of sp³-hybridized carbons (Fsp3) is 0.263. The minimum atomic E-state index is -0.193. The second kappa shape index (κ2) is 8.50. The molecule has 1 aliphatic heterocycles. The van der Waals surface area contributed by atoms with E-state index >= 15 is 0 Å². The molecule has 2 N–H and O–H groups in total. The summed E-state index contributed by atoms with van der Waals surface area (Å²) in [5, 5.41) is 6.93. The van der Waals surface area contributed by atoms with Gasteiger partial charge in [0.1, 0.15) is 0 Å². The van der Waals surface area contributed by atoms with E-state index in [-0.39, 0.29) is 18.1 Å². The Morgan fingerprint density at radius 3 is 1.81 bits per heavy atom. The predicted molar refractivity (Wildman–Crippen MR) is 109 cm³/mol. The van der Waals surface area contributed by atoms with Crippen LogP contribution in [-0.2, 0) is 0 Å². The first kappa shape index (κ1) is 19.3. The normalized spacial score (nSPS) is 16.8. The van der Waals surface area contributed by atoms with Crippen molar-refractivity contribution in [3.8, 4) is 0 Å². The first-order valence-electron chi connectivity index (χ1n) is 8.57. The van der Waals surface area contributed by atoms with Crippen molar-refractivity contribution < 1.29 is 9.59 Å². The molecule has 0 aliphatic carbocycles. The number of benzene rings is 2. The van der Waals surface area contributed by atoms with E-state index in [2.05, 4.69) is 10.6 Å². The number of hydrogen-bond acceptors (Lipinski definition) is 2. The fourth-order valence-corrected chi connectivity index (χ4v) is 3.16. The van der Waals surface area contributed by atoms with Gasteiger partial charge in [-0.1, -0.05) is 23.2 Å². The molecule has 0 radical (unpaired) electrons. The average molecular weight is 407 g/mol. The van der Waals surface area contributed by atoms with Crippen LogP contribution in [0.1, 0.15) is 6.92 Å². The van der Waals surface area contributed by atoms with Crippen molar-refractivity contribution in [2.75, 3.05) is 30.3 Å². The second-order valence-electron chi connectivity index (χ2n) is 6.36. The molecule has 8 heteroatoms. The van der Waals surface area contributed by atoms with Gasteiger partial charge in [0, 0.05) is 47.1 Å². The Bertz CT molecular complexity index is 811. The third kappa shape index (κ3) is 5.05. The lowest BCUT2D eigenvalue weighted by Crippen LogP contribution is -2.57. The molecule has 2 aromatic carbocycles. The van der Waals surface area contributed by atoms with Crippen LogP contribution in [0.4, 0.5) is 21.0 Å². The summed E-state index contributed by atoms with van der Waals surface area (Å²) in [6, 6.07) is 13.4. The average Bonchev–Trinajstić information content (AvgIpc) is 2.65. The molecule has 1 atom stereocenters. The minimum Gasteiger partial charge on any atom is -0.321 e. The second-order valence-corrected chi connectivity index (χ2v) is 7.24. The standard InChI is InChI=1S/C19H20Cl2N4O2/c1-13-12-24(18(26)22-16-6-2-14(20)3-7-16)10-11-25(13)19(27)23-17-8-4-15(21)5-9-17/h2-9,13H,10-12H2,1H3,(H,22,26)(H,23,27)/t13-/m0/s1. The van der Waals surface area contributed by atoms with Crippen LogP contribution in [0.5, 0.6) is 0 Å². The zero-order chi connectivity index (χ0) is 19.4. The predicted octanol–water partition coefficient (Wildman–Crippen LogP) is 4.76. The minimum absolute atomic E-state index is 0.109. The van der Waals surface area contributed by atoms with Crippen molar-refractivity contribution >= 4 is 46.6 Å². The number of carbonyl (C=O) groups excluding carboxylic acids is 2. The van der Waals surface area contributed by atoms with E-state index in [4.69, 9.17) is 23.2 Å². The molecule has 1 aliphatic rings. The highest BCUT2D eigenvalue weighted by molar-refractivity contribution is 6.30. The van der Waals surface area contributed by atoms with Crippen LogP contribution >= 0.6 is 23.2 Å². The summed E-state index contributed by atoms with van der Waals surface area (Å²) in [5.74, 6) is 0. The summed E-state index contributed by atoms with van der Waals surface area (Å²) in [4.78, 5) is 28.4. The fourth-order valence-electron chi connectivity index (χ4n) is 2.91. The smallest absolute Gasteiger partial charge is 0.321 e. The van der Waals surface area contributed by atoms with E-state index in [1.54, 1.807) is 58.3 Å². The SMILES string of the molecule is C[C@H]1CN(C(=O)Nc2ccc(Cl)cc2)CCN1C(=O)Nc1ccc(Cl)cc1. The van der Waals surface area contributed by atoms with Crippen LogP contribution in [0.25, 0.3) is 0 Å². The van der Waals surface area contributed by atoms with Gasteiger partial charge in [-0.15, -0.1) is 0 Å². The van der Waals surface area contributed by atoms with E-state index in [9.17, 15) is 9.59 Å². The van der Waals surface area contributed by atoms with Gasteiger partial charge in [0.15, 0.2) is 0 Å². The number of urea groups is 2. The Hall–Kier alpha value is -2.44. The molecular formula is C19H20Cl2N4O2. The van der Waals surface area contributed by atoms with E-state index in [0.717, 1.165) is 0 Å². The number of nitrogens with one attached hydrogen (secondary N) is 2. The molecular weight excluding hydrogens is 387 g/mol. The van der Waals surface area contributed by atoms with Gasteiger partial charge in [-0.05, 0) is 55.5 Å². The number of piperazine rings is 1. The van der Waals surface area contributed by atoms with Crippen molar-refractivity contribution in [2.45, 2.75) is 13.0 Å². The number of carbonyl (C=O) groups is 2. The van der Waals surface area contributed by atoms with Crippen molar-refractivity contribution in [1.82, 2.24) is 9.80 Å². The molecule has 2 aromatic rings. The Labute approximate surface area is 168 Å². The lowest BCUT2D eigenvalue weighted by molar-refractivity contribution is 0.124. The zero-order valence-corrected chi connectivity index (χ0v) is 16.3. The van der Waals surface area contributed by atoms with Crippen molar-refractivity contribution in [1.29, 1.82) is 0 Å². The van der Waals surface area contributed by atoms with E-state index in [1.165, 1.54) is 0 Å². The molecule has 1 saturated heterocycles.